The van der Waals surface area contributed by atoms with Crippen molar-refractivity contribution in [3.05, 3.63) is 33.9 Å². The molecule has 7 nitrogen and oxygen atoms in total. The highest BCUT2D eigenvalue weighted by Crippen LogP contribution is 2.28. The molecule has 0 aliphatic rings. The van der Waals surface area contributed by atoms with Gasteiger partial charge in [0.25, 0.3) is 5.69 Å². The van der Waals surface area contributed by atoms with E-state index in [4.69, 9.17) is 4.74 Å². The van der Waals surface area contributed by atoms with Crippen LogP contribution in [0.3, 0.4) is 0 Å². The van der Waals surface area contributed by atoms with Crippen molar-refractivity contribution >= 4 is 17.7 Å². The second kappa shape index (κ2) is 6.81. The Balaban J connectivity index is 2.98. The van der Waals surface area contributed by atoms with Crippen LogP contribution in [0, 0.1) is 10.1 Å². The first-order valence-corrected chi connectivity index (χ1v) is 5.61. The van der Waals surface area contributed by atoms with E-state index in [2.05, 4.69) is 0 Å². The van der Waals surface area contributed by atoms with E-state index in [1.807, 2.05) is 0 Å². The molecule has 0 saturated carbocycles. The Morgan fingerprint density at radius 3 is 2.79 bits per heavy atom. The minimum Gasteiger partial charge on any atom is -0.389 e. The summed E-state index contributed by atoms with van der Waals surface area (Å²) in [5, 5.41) is 20.6. The van der Waals surface area contributed by atoms with Gasteiger partial charge in [0.05, 0.1) is 17.6 Å². The number of likely N-dealkylation sites (N-methyl/N-ethyl adjacent to an activating group) is 1. The number of aliphatic hydroxyl groups excluding tert-OH is 1. The molecule has 0 spiro atoms. The van der Waals surface area contributed by atoms with Crippen LogP contribution < -0.4 is 4.90 Å². The molecular weight excluding hydrogens is 252 g/mol. The Kier molecular flexibility index (Phi) is 5.40. The molecule has 0 fully saturated rings. The lowest BCUT2D eigenvalue weighted by Gasteiger charge is -2.22. The van der Waals surface area contributed by atoms with E-state index in [9.17, 15) is 20.0 Å². The number of hydrogen-bond donors (Lipinski definition) is 1. The number of ether oxygens (including phenoxy) is 1. The zero-order valence-electron chi connectivity index (χ0n) is 10.8. The predicted octanol–water partition coefficient (Wildman–Crippen LogP) is 0.851. The van der Waals surface area contributed by atoms with Crippen LogP contribution in [0.4, 0.5) is 11.4 Å². The molecule has 0 aliphatic heterocycles. The number of nitro benzene ring substituents is 1. The fourth-order valence-corrected chi connectivity index (χ4v) is 1.74. The maximum atomic E-state index is 11.0. The number of carbonyl (C=O) groups is 1. The van der Waals surface area contributed by atoms with Gasteiger partial charge in [-0.3, -0.25) is 14.9 Å². The van der Waals surface area contributed by atoms with Gasteiger partial charge in [0.15, 0.2) is 0 Å². The fraction of sp³-hybridized carbons (Fsp3) is 0.417. The van der Waals surface area contributed by atoms with Gasteiger partial charge in [-0.05, 0) is 12.1 Å². The molecular formula is C12H16N2O5. The number of carbonyl (C=O) groups excluding carboxylic acids is 1. The SMILES string of the molecule is COCC(O)CN(C)c1ccc(C=O)cc1[N+](=O)[O-]. The summed E-state index contributed by atoms with van der Waals surface area (Å²) in [5.41, 5.74) is 0.406. The summed E-state index contributed by atoms with van der Waals surface area (Å²) in [4.78, 5) is 22.6. The predicted molar refractivity (Wildman–Crippen MR) is 69.6 cm³/mol. The Morgan fingerprint density at radius 1 is 1.58 bits per heavy atom. The molecule has 1 aromatic rings. The summed E-state index contributed by atoms with van der Waals surface area (Å²) in [7, 11) is 3.09. The maximum Gasteiger partial charge on any atom is 0.293 e. The number of rotatable bonds is 7. The van der Waals surface area contributed by atoms with Crippen molar-refractivity contribution < 1.29 is 19.6 Å². The van der Waals surface area contributed by atoms with Crippen LogP contribution in [0.2, 0.25) is 0 Å². The van der Waals surface area contributed by atoms with Gasteiger partial charge in [-0.2, -0.15) is 0 Å². The molecule has 1 unspecified atom stereocenters. The third kappa shape index (κ3) is 4.01. The lowest BCUT2D eigenvalue weighted by Crippen LogP contribution is -2.32. The van der Waals surface area contributed by atoms with E-state index in [0.717, 1.165) is 0 Å². The molecule has 0 amide bonds. The molecule has 104 valence electrons. The number of aliphatic hydroxyl groups is 1. The van der Waals surface area contributed by atoms with Gasteiger partial charge in [0.2, 0.25) is 0 Å². The monoisotopic (exact) mass is 268 g/mol. The second-order valence-corrected chi connectivity index (χ2v) is 4.11. The zero-order chi connectivity index (χ0) is 14.4. The average molecular weight is 268 g/mol. The summed E-state index contributed by atoms with van der Waals surface area (Å²) in [5.74, 6) is 0. The molecule has 1 aromatic carbocycles. The van der Waals surface area contributed by atoms with Crippen molar-refractivity contribution in [1.29, 1.82) is 0 Å². The lowest BCUT2D eigenvalue weighted by atomic mass is 10.1. The minimum atomic E-state index is -0.750. The van der Waals surface area contributed by atoms with Crippen LogP contribution in [-0.2, 0) is 4.74 Å². The Morgan fingerprint density at radius 2 is 2.26 bits per heavy atom. The van der Waals surface area contributed by atoms with Gasteiger partial charge >= 0.3 is 0 Å². The van der Waals surface area contributed by atoms with E-state index in [-0.39, 0.29) is 24.4 Å². The van der Waals surface area contributed by atoms with Gasteiger partial charge in [0.1, 0.15) is 12.0 Å². The third-order valence-corrected chi connectivity index (χ3v) is 2.59. The molecule has 0 aromatic heterocycles. The first-order chi connectivity index (χ1) is 8.99. The van der Waals surface area contributed by atoms with E-state index in [1.165, 1.54) is 25.3 Å². The molecule has 0 saturated heterocycles. The van der Waals surface area contributed by atoms with Crippen molar-refractivity contribution in [1.82, 2.24) is 0 Å². The van der Waals surface area contributed by atoms with Gasteiger partial charge in [-0.1, -0.05) is 0 Å². The number of anilines is 1. The molecule has 0 bridgehead atoms. The highest BCUT2D eigenvalue weighted by molar-refractivity contribution is 5.79. The molecule has 1 N–H and O–H groups in total. The molecule has 7 heteroatoms. The lowest BCUT2D eigenvalue weighted by molar-refractivity contribution is -0.384. The van der Waals surface area contributed by atoms with E-state index in [0.29, 0.717) is 12.0 Å². The average Bonchev–Trinajstić information content (AvgIpc) is 2.38. The van der Waals surface area contributed by atoms with Crippen molar-refractivity contribution in [2.75, 3.05) is 32.2 Å². The van der Waals surface area contributed by atoms with Crippen molar-refractivity contribution in [2.24, 2.45) is 0 Å². The standard InChI is InChI=1S/C12H16N2O5/c1-13(6-10(16)8-19-2)11-4-3-9(7-15)5-12(11)14(17)18/h3-5,7,10,16H,6,8H2,1-2H3. The largest absolute Gasteiger partial charge is 0.389 e. The zero-order valence-corrected chi connectivity index (χ0v) is 10.8. The second-order valence-electron chi connectivity index (χ2n) is 4.11. The first-order valence-electron chi connectivity index (χ1n) is 5.61. The smallest absolute Gasteiger partial charge is 0.293 e. The van der Waals surface area contributed by atoms with Crippen LogP contribution in [0.25, 0.3) is 0 Å². The Hall–Kier alpha value is -1.99. The summed E-state index contributed by atoms with van der Waals surface area (Å²) in [6, 6.07) is 4.19. The number of benzene rings is 1. The summed E-state index contributed by atoms with van der Waals surface area (Å²) in [6.07, 6.45) is -0.198. The molecule has 0 heterocycles. The first kappa shape index (κ1) is 15.1. The van der Waals surface area contributed by atoms with Crippen molar-refractivity contribution in [3.8, 4) is 0 Å². The normalized spacial score (nSPS) is 11.9. The molecule has 19 heavy (non-hydrogen) atoms. The quantitative estimate of drug-likeness (QED) is 0.447. The number of nitro groups is 1. The van der Waals surface area contributed by atoms with Gasteiger partial charge in [-0.25, -0.2) is 0 Å². The molecule has 0 radical (unpaired) electrons. The summed E-state index contributed by atoms with van der Waals surface area (Å²) in [6.45, 7) is 0.333. The van der Waals surface area contributed by atoms with E-state index >= 15 is 0 Å². The van der Waals surface area contributed by atoms with Crippen LogP contribution >= 0.6 is 0 Å². The summed E-state index contributed by atoms with van der Waals surface area (Å²) < 4.78 is 4.80. The van der Waals surface area contributed by atoms with Crippen LogP contribution in [0.15, 0.2) is 18.2 Å². The van der Waals surface area contributed by atoms with Crippen LogP contribution in [0.1, 0.15) is 10.4 Å². The Bertz CT molecular complexity index is 463. The molecule has 0 aliphatic carbocycles. The topological polar surface area (TPSA) is 92.9 Å². The van der Waals surface area contributed by atoms with Crippen LogP contribution in [0.5, 0.6) is 0 Å². The van der Waals surface area contributed by atoms with Crippen LogP contribution in [-0.4, -0.2) is 49.7 Å². The third-order valence-electron chi connectivity index (χ3n) is 2.59. The van der Waals surface area contributed by atoms with Gasteiger partial charge < -0.3 is 14.7 Å². The summed E-state index contributed by atoms with van der Waals surface area (Å²) >= 11 is 0. The van der Waals surface area contributed by atoms with Gasteiger partial charge in [-0.15, -0.1) is 0 Å². The number of aldehydes is 1. The van der Waals surface area contributed by atoms with E-state index in [1.54, 1.807) is 11.9 Å². The molecule has 1 rings (SSSR count). The number of nitrogens with zero attached hydrogens (tertiary/aromatic N) is 2. The van der Waals surface area contributed by atoms with Gasteiger partial charge in [0, 0.05) is 32.3 Å². The minimum absolute atomic E-state index is 0.143. The maximum absolute atomic E-state index is 11.0. The Labute approximate surface area is 110 Å². The highest BCUT2D eigenvalue weighted by atomic mass is 16.6. The number of hydrogen-bond acceptors (Lipinski definition) is 6. The fourth-order valence-electron chi connectivity index (χ4n) is 1.74. The van der Waals surface area contributed by atoms with Crippen molar-refractivity contribution in [3.63, 3.8) is 0 Å². The number of methoxy groups -OCH3 is 1. The highest BCUT2D eigenvalue weighted by Gasteiger charge is 2.19. The van der Waals surface area contributed by atoms with Crippen molar-refractivity contribution in [2.45, 2.75) is 6.10 Å². The van der Waals surface area contributed by atoms with E-state index < -0.39 is 11.0 Å². The molecule has 1 atom stereocenters.